The fourth-order valence-corrected chi connectivity index (χ4v) is 0.871. The van der Waals surface area contributed by atoms with Crippen LogP contribution in [0.15, 0.2) is 0 Å². The lowest BCUT2D eigenvalue weighted by molar-refractivity contribution is -0.149. The van der Waals surface area contributed by atoms with Gasteiger partial charge in [0.05, 0.1) is 0 Å². The van der Waals surface area contributed by atoms with Gasteiger partial charge in [-0.2, -0.15) is 0 Å². The smallest absolute Gasteiger partial charge is 0.302 e. The molecule has 0 aromatic carbocycles. The molecule has 4 heteroatoms. The number of rotatable bonds is 6. The van der Waals surface area contributed by atoms with Gasteiger partial charge in [-0.1, -0.05) is 39.5 Å². The molecular weight excluding hydrogens is 208 g/mol. The molecule has 0 aliphatic heterocycles. The highest BCUT2D eigenvalue weighted by Crippen LogP contribution is 1.95. The molecule has 0 amide bonds. The highest BCUT2D eigenvalue weighted by molar-refractivity contribution is 5.66. The van der Waals surface area contributed by atoms with E-state index in [0.717, 1.165) is 0 Å². The summed E-state index contributed by atoms with van der Waals surface area (Å²) in [6, 6.07) is 0. The molecule has 16 heavy (non-hydrogen) atoms. The molecule has 0 heterocycles. The molecule has 0 saturated carbocycles. The van der Waals surface area contributed by atoms with Crippen LogP contribution in [0.2, 0.25) is 0 Å². The molecule has 0 fully saturated rings. The SMILES string of the molecule is CC(=O)OCCOC(C)=O.CCCCCC. The maximum Gasteiger partial charge on any atom is 0.302 e. The number of ether oxygens (including phenoxy) is 2. The van der Waals surface area contributed by atoms with E-state index in [-0.39, 0.29) is 25.2 Å². The summed E-state index contributed by atoms with van der Waals surface area (Å²) in [5.41, 5.74) is 0. The standard InChI is InChI=1S/C6H10O4.C6H14/c1-5(7)9-3-4-10-6(2)8;1-3-5-6-4-2/h3-4H2,1-2H3;3-6H2,1-2H3. The van der Waals surface area contributed by atoms with Gasteiger partial charge in [0, 0.05) is 13.8 Å². The molecule has 0 aromatic rings. The normalized spacial score (nSPS) is 8.75. The summed E-state index contributed by atoms with van der Waals surface area (Å²) >= 11 is 0. The molecule has 0 saturated heterocycles. The third-order valence-electron chi connectivity index (χ3n) is 1.65. The molecule has 0 aliphatic rings. The summed E-state index contributed by atoms with van der Waals surface area (Å²) in [7, 11) is 0. The van der Waals surface area contributed by atoms with Crippen molar-refractivity contribution in [3.63, 3.8) is 0 Å². The Bertz CT molecular complexity index is 158. The van der Waals surface area contributed by atoms with E-state index in [1.807, 2.05) is 0 Å². The first kappa shape index (κ1) is 17.3. The van der Waals surface area contributed by atoms with Gasteiger partial charge in [0.15, 0.2) is 0 Å². The Labute approximate surface area is 98.3 Å². The molecule has 0 aromatic heterocycles. The van der Waals surface area contributed by atoms with Gasteiger partial charge in [-0.15, -0.1) is 0 Å². The predicted molar refractivity (Wildman–Crippen MR) is 63.1 cm³/mol. The largest absolute Gasteiger partial charge is 0.462 e. The fraction of sp³-hybridized carbons (Fsp3) is 0.833. The number of esters is 2. The van der Waals surface area contributed by atoms with Gasteiger partial charge in [0.1, 0.15) is 13.2 Å². The summed E-state index contributed by atoms with van der Waals surface area (Å²) in [6.07, 6.45) is 5.54. The van der Waals surface area contributed by atoms with Crippen molar-refractivity contribution >= 4 is 11.9 Å². The van der Waals surface area contributed by atoms with Gasteiger partial charge >= 0.3 is 11.9 Å². The van der Waals surface area contributed by atoms with E-state index in [4.69, 9.17) is 0 Å². The van der Waals surface area contributed by atoms with Crippen molar-refractivity contribution < 1.29 is 19.1 Å². The lowest BCUT2D eigenvalue weighted by Crippen LogP contribution is -2.09. The van der Waals surface area contributed by atoms with Crippen LogP contribution < -0.4 is 0 Å². The van der Waals surface area contributed by atoms with Crippen LogP contribution in [0.3, 0.4) is 0 Å². The second-order valence-electron chi connectivity index (χ2n) is 3.39. The maximum absolute atomic E-state index is 10.1. The zero-order chi connectivity index (χ0) is 12.8. The Kier molecular flexibility index (Phi) is 15.1. The molecule has 96 valence electrons. The van der Waals surface area contributed by atoms with Crippen molar-refractivity contribution in [1.29, 1.82) is 0 Å². The van der Waals surface area contributed by atoms with E-state index >= 15 is 0 Å². The molecule has 0 aliphatic carbocycles. The van der Waals surface area contributed by atoms with E-state index < -0.39 is 0 Å². The van der Waals surface area contributed by atoms with E-state index in [1.54, 1.807) is 0 Å². The Morgan fingerprint density at radius 2 is 1.12 bits per heavy atom. The Morgan fingerprint density at radius 1 is 0.812 bits per heavy atom. The molecule has 0 N–H and O–H groups in total. The number of hydrogen-bond donors (Lipinski definition) is 0. The first-order valence-corrected chi connectivity index (χ1v) is 5.81. The molecular formula is C12H24O4. The average Bonchev–Trinajstić information content (AvgIpc) is 2.22. The quantitative estimate of drug-likeness (QED) is 0.522. The molecule has 0 bridgehead atoms. The van der Waals surface area contributed by atoms with Crippen LogP contribution in [0.1, 0.15) is 53.4 Å². The molecule has 0 atom stereocenters. The zero-order valence-corrected chi connectivity index (χ0v) is 10.9. The highest BCUT2D eigenvalue weighted by Gasteiger charge is 1.94. The topological polar surface area (TPSA) is 52.6 Å². The molecule has 0 radical (unpaired) electrons. The minimum atomic E-state index is -0.368. The zero-order valence-electron chi connectivity index (χ0n) is 10.9. The van der Waals surface area contributed by atoms with Gasteiger partial charge in [-0.3, -0.25) is 9.59 Å². The Balaban J connectivity index is 0. The second kappa shape index (κ2) is 13.9. The number of hydrogen-bond acceptors (Lipinski definition) is 4. The highest BCUT2D eigenvalue weighted by atomic mass is 16.6. The van der Waals surface area contributed by atoms with Crippen LogP contribution in [-0.4, -0.2) is 25.2 Å². The number of carbonyl (C=O) groups is 2. The minimum absolute atomic E-state index is 0.134. The van der Waals surface area contributed by atoms with Crippen LogP contribution >= 0.6 is 0 Å². The van der Waals surface area contributed by atoms with E-state index in [2.05, 4.69) is 23.3 Å². The van der Waals surface area contributed by atoms with Crippen molar-refractivity contribution in [2.75, 3.05) is 13.2 Å². The van der Waals surface area contributed by atoms with Crippen molar-refractivity contribution in [2.24, 2.45) is 0 Å². The maximum atomic E-state index is 10.1. The van der Waals surface area contributed by atoms with E-state index in [1.165, 1.54) is 39.5 Å². The van der Waals surface area contributed by atoms with Crippen molar-refractivity contribution in [1.82, 2.24) is 0 Å². The lowest BCUT2D eigenvalue weighted by Gasteiger charge is -2.00. The van der Waals surface area contributed by atoms with Crippen LogP contribution in [-0.2, 0) is 19.1 Å². The summed E-state index contributed by atoms with van der Waals surface area (Å²) < 4.78 is 8.95. The fourth-order valence-electron chi connectivity index (χ4n) is 0.871. The van der Waals surface area contributed by atoms with Gasteiger partial charge in [0.25, 0.3) is 0 Å². The second-order valence-corrected chi connectivity index (χ2v) is 3.39. The molecule has 0 rings (SSSR count). The van der Waals surface area contributed by atoms with Crippen LogP contribution in [0.5, 0.6) is 0 Å². The minimum Gasteiger partial charge on any atom is -0.462 e. The van der Waals surface area contributed by atoms with E-state index in [0.29, 0.717) is 0 Å². The summed E-state index contributed by atoms with van der Waals surface area (Å²) in [4.78, 5) is 20.3. The van der Waals surface area contributed by atoms with Crippen molar-refractivity contribution in [3.05, 3.63) is 0 Å². The van der Waals surface area contributed by atoms with Gasteiger partial charge in [-0.25, -0.2) is 0 Å². The van der Waals surface area contributed by atoms with Crippen molar-refractivity contribution in [3.8, 4) is 0 Å². The van der Waals surface area contributed by atoms with Gasteiger partial charge in [-0.05, 0) is 0 Å². The number of unbranched alkanes of at least 4 members (excludes halogenated alkanes) is 3. The average molecular weight is 232 g/mol. The van der Waals surface area contributed by atoms with Crippen molar-refractivity contribution in [2.45, 2.75) is 53.4 Å². The molecule has 4 nitrogen and oxygen atoms in total. The van der Waals surface area contributed by atoms with Crippen LogP contribution in [0.4, 0.5) is 0 Å². The summed E-state index contributed by atoms with van der Waals surface area (Å²) in [6.45, 7) is 7.33. The third-order valence-corrected chi connectivity index (χ3v) is 1.65. The van der Waals surface area contributed by atoms with Gasteiger partial charge in [0.2, 0.25) is 0 Å². The lowest BCUT2D eigenvalue weighted by atomic mass is 10.2. The summed E-state index contributed by atoms with van der Waals surface area (Å²) in [5.74, 6) is -0.737. The first-order chi connectivity index (χ1) is 7.54. The third kappa shape index (κ3) is 23.1. The Morgan fingerprint density at radius 3 is 1.31 bits per heavy atom. The van der Waals surface area contributed by atoms with Gasteiger partial charge < -0.3 is 9.47 Å². The molecule has 0 unspecified atom stereocenters. The van der Waals surface area contributed by atoms with Crippen LogP contribution in [0.25, 0.3) is 0 Å². The predicted octanol–water partition coefficient (Wildman–Crippen LogP) is 2.70. The van der Waals surface area contributed by atoms with E-state index in [9.17, 15) is 9.59 Å². The summed E-state index contributed by atoms with van der Waals surface area (Å²) in [5, 5.41) is 0. The van der Waals surface area contributed by atoms with Crippen LogP contribution in [0, 0.1) is 0 Å². The molecule has 0 spiro atoms. The Hall–Kier alpha value is -1.06. The number of carbonyl (C=O) groups excluding carboxylic acids is 2. The monoisotopic (exact) mass is 232 g/mol. The first-order valence-electron chi connectivity index (χ1n) is 5.81.